The third kappa shape index (κ3) is 2.70. The van der Waals surface area contributed by atoms with Crippen LogP contribution in [0.4, 0.5) is 0 Å². The molecule has 0 bridgehead atoms. The average Bonchev–Trinajstić information content (AvgIpc) is 3.06. The number of fused-ring (bicyclic) bond motifs is 4. The Morgan fingerprint density at radius 2 is 1.93 bits per heavy atom. The molecule has 0 saturated heterocycles. The van der Waals surface area contributed by atoms with Crippen LogP contribution in [0.5, 0.6) is 0 Å². The normalized spacial score (nSPS) is 14.3. The Bertz CT molecular complexity index is 1260. The smallest absolute Gasteiger partial charge is 0.267 e. The summed E-state index contributed by atoms with van der Waals surface area (Å²) in [5, 5.41) is 7.58. The third-order valence-electron chi connectivity index (χ3n) is 5.26. The van der Waals surface area contributed by atoms with Gasteiger partial charge in [0.05, 0.1) is 11.6 Å². The molecule has 0 spiro atoms. The van der Waals surface area contributed by atoms with Gasteiger partial charge in [-0.05, 0) is 48.9 Å². The second-order valence-corrected chi connectivity index (χ2v) is 8.06. The van der Waals surface area contributed by atoms with E-state index in [-0.39, 0.29) is 5.56 Å². The molecule has 0 saturated carbocycles. The standard InChI is InChI=1S/C22H19N3OS/c1-14-24-21-20(18-11-4-5-12-19(18)27-21)22(26)25(14)23-13-16-9-6-8-15-7-2-3-10-17(15)16/h2-3,6-10,13H,4-5,11-12H2,1H3/b23-13+. The number of nitrogens with zero attached hydrogens (tertiary/aromatic N) is 3. The van der Waals surface area contributed by atoms with Gasteiger partial charge in [0.1, 0.15) is 10.7 Å². The minimum absolute atomic E-state index is 0.0478. The minimum Gasteiger partial charge on any atom is -0.267 e. The van der Waals surface area contributed by atoms with E-state index in [2.05, 4.69) is 28.3 Å². The van der Waals surface area contributed by atoms with Crippen LogP contribution in [0.1, 0.15) is 34.7 Å². The maximum absolute atomic E-state index is 13.2. The lowest BCUT2D eigenvalue weighted by atomic mass is 9.97. The van der Waals surface area contributed by atoms with Crippen molar-refractivity contribution in [2.45, 2.75) is 32.6 Å². The Morgan fingerprint density at radius 3 is 2.85 bits per heavy atom. The molecular formula is C22H19N3OS. The van der Waals surface area contributed by atoms with Crippen molar-refractivity contribution in [2.24, 2.45) is 5.10 Å². The summed E-state index contributed by atoms with van der Waals surface area (Å²) in [6.45, 7) is 1.85. The second kappa shape index (κ2) is 6.43. The molecule has 0 unspecified atom stereocenters. The van der Waals surface area contributed by atoms with Gasteiger partial charge in [-0.3, -0.25) is 4.79 Å². The van der Waals surface area contributed by atoms with Gasteiger partial charge in [-0.15, -0.1) is 11.3 Å². The Hall–Kier alpha value is -2.79. The molecule has 2 aromatic heterocycles. The summed E-state index contributed by atoms with van der Waals surface area (Å²) in [6, 6.07) is 14.3. The quantitative estimate of drug-likeness (QED) is 0.479. The largest absolute Gasteiger partial charge is 0.283 e. The summed E-state index contributed by atoms with van der Waals surface area (Å²) in [6.07, 6.45) is 6.15. The summed E-state index contributed by atoms with van der Waals surface area (Å²) < 4.78 is 1.45. The lowest BCUT2D eigenvalue weighted by Crippen LogP contribution is -2.21. The van der Waals surface area contributed by atoms with E-state index in [1.165, 1.54) is 21.5 Å². The molecule has 4 nitrogen and oxygen atoms in total. The zero-order valence-corrected chi connectivity index (χ0v) is 15.9. The van der Waals surface area contributed by atoms with Gasteiger partial charge in [-0.25, -0.2) is 4.98 Å². The number of benzene rings is 2. The van der Waals surface area contributed by atoms with Crippen LogP contribution in [0.25, 0.3) is 21.0 Å². The van der Waals surface area contributed by atoms with Crippen LogP contribution >= 0.6 is 11.3 Å². The summed E-state index contributed by atoms with van der Waals surface area (Å²) in [5.41, 5.74) is 2.15. The Morgan fingerprint density at radius 1 is 1.11 bits per heavy atom. The topological polar surface area (TPSA) is 47.2 Å². The van der Waals surface area contributed by atoms with E-state index in [0.717, 1.165) is 45.8 Å². The average molecular weight is 373 g/mol. The third-order valence-corrected chi connectivity index (χ3v) is 6.45. The van der Waals surface area contributed by atoms with Crippen LogP contribution in [0, 0.1) is 6.92 Å². The van der Waals surface area contributed by atoms with E-state index in [1.807, 2.05) is 31.2 Å². The first-order chi connectivity index (χ1) is 13.2. The number of aromatic nitrogens is 2. The molecule has 134 valence electrons. The maximum Gasteiger partial charge on any atom is 0.283 e. The molecule has 0 N–H and O–H groups in total. The highest BCUT2D eigenvalue weighted by Gasteiger charge is 2.21. The lowest BCUT2D eigenvalue weighted by Gasteiger charge is -2.10. The molecule has 2 heterocycles. The van der Waals surface area contributed by atoms with Gasteiger partial charge < -0.3 is 0 Å². The molecule has 1 aliphatic carbocycles. The molecule has 5 rings (SSSR count). The van der Waals surface area contributed by atoms with Gasteiger partial charge in [-0.2, -0.15) is 9.78 Å². The van der Waals surface area contributed by atoms with Crippen molar-refractivity contribution in [3.63, 3.8) is 0 Å². The van der Waals surface area contributed by atoms with Crippen molar-refractivity contribution in [3.8, 4) is 0 Å². The Labute approximate surface area is 160 Å². The van der Waals surface area contributed by atoms with E-state index in [9.17, 15) is 4.79 Å². The van der Waals surface area contributed by atoms with Crippen LogP contribution in [-0.4, -0.2) is 15.9 Å². The molecule has 4 aromatic rings. The van der Waals surface area contributed by atoms with Crippen molar-refractivity contribution < 1.29 is 0 Å². The molecule has 0 amide bonds. The van der Waals surface area contributed by atoms with Gasteiger partial charge in [0.15, 0.2) is 0 Å². The fourth-order valence-corrected chi connectivity index (χ4v) is 5.21. The molecule has 0 aliphatic heterocycles. The number of rotatable bonds is 2. The second-order valence-electron chi connectivity index (χ2n) is 6.98. The van der Waals surface area contributed by atoms with Crippen LogP contribution in [0.15, 0.2) is 52.4 Å². The van der Waals surface area contributed by atoms with E-state index < -0.39 is 0 Å². The summed E-state index contributed by atoms with van der Waals surface area (Å²) >= 11 is 1.68. The molecule has 0 fully saturated rings. The molecule has 1 aliphatic rings. The molecule has 5 heteroatoms. The van der Waals surface area contributed by atoms with Crippen LogP contribution in [-0.2, 0) is 12.8 Å². The Kier molecular flexibility index (Phi) is 3.90. The predicted molar refractivity (Wildman–Crippen MR) is 112 cm³/mol. The van der Waals surface area contributed by atoms with E-state index >= 15 is 0 Å². The van der Waals surface area contributed by atoms with E-state index in [1.54, 1.807) is 17.6 Å². The molecular weight excluding hydrogens is 354 g/mol. The fraction of sp³-hybridized carbons (Fsp3) is 0.227. The SMILES string of the molecule is Cc1nc2sc3c(c2c(=O)n1/N=C/c1cccc2ccccc12)CCCC3. The van der Waals surface area contributed by atoms with Gasteiger partial charge in [-0.1, -0.05) is 42.5 Å². The fourth-order valence-electron chi connectivity index (χ4n) is 3.92. The highest BCUT2D eigenvalue weighted by molar-refractivity contribution is 7.18. The first kappa shape index (κ1) is 16.4. The predicted octanol–water partition coefficient (Wildman–Crippen LogP) is 4.68. The van der Waals surface area contributed by atoms with Gasteiger partial charge in [0, 0.05) is 10.4 Å². The number of hydrogen-bond donors (Lipinski definition) is 0. The highest BCUT2D eigenvalue weighted by Crippen LogP contribution is 2.33. The molecule has 0 atom stereocenters. The van der Waals surface area contributed by atoms with E-state index in [4.69, 9.17) is 0 Å². The van der Waals surface area contributed by atoms with Crippen LogP contribution in [0.3, 0.4) is 0 Å². The van der Waals surface area contributed by atoms with Gasteiger partial charge in [0.25, 0.3) is 5.56 Å². The monoisotopic (exact) mass is 373 g/mol. The van der Waals surface area contributed by atoms with Gasteiger partial charge >= 0.3 is 0 Å². The zero-order chi connectivity index (χ0) is 18.4. The molecule has 27 heavy (non-hydrogen) atoms. The first-order valence-electron chi connectivity index (χ1n) is 9.28. The Balaban J connectivity index is 1.66. The van der Waals surface area contributed by atoms with Crippen LogP contribution in [0.2, 0.25) is 0 Å². The number of hydrogen-bond acceptors (Lipinski definition) is 4. The highest BCUT2D eigenvalue weighted by atomic mass is 32.1. The van der Waals surface area contributed by atoms with E-state index in [0.29, 0.717) is 5.82 Å². The van der Waals surface area contributed by atoms with Crippen molar-refractivity contribution in [1.82, 2.24) is 9.66 Å². The summed E-state index contributed by atoms with van der Waals surface area (Å²) in [5.74, 6) is 0.627. The molecule has 2 aromatic carbocycles. The van der Waals surface area contributed by atoms with Crippen molar-refractivity contribution in [2.75, 3.05) is 0 Å². The van der Waals surface area contributed by atoms with Crippen molar-refractivity contribution in [1.29, 1.82) is 0 Å². The number of thiophene rings is 1. The number of aryl methyl sites for hydroxylation is 3. The summed E-state index contributed by atoms with van der Waals surface area (Å²) in [4.78, 5) is 20.1. The first-order valence-corrected chi connectivity index (χ1v) is 10.1. The zero-order valence-electron chi connectivity index (χ0n) is 15.1. The van der Waals surface area contributed by atoms with Crippen molar-refractivity contribution in [3.05, 3.63) is 74.6 Å². The van der Waals surface area contributed by atoms with Crippen LogP contribution < -0.4 is 5.56 Å². The van der Waals surface area contributed by atoms with Gasteiger partial charge in [0.2, 0.25) is 0 Å². The molecule has 0 radical (unpaired) electrons. The lowest BCUT2D eigenvalue weighted by molar-refractivity contribution is 0.698. The summed E-state index contributed by atoms with van der Waals surface area (Å²) in [7, 11) is 0. The maximum atomic E-state index is 13.2. The van der Waals surface area contributed by atoms with Crippen molar-refractivity contribution >= 4 is 38.5 Å². The minimum atomic E-state index is -0.0478.